The molecular formula is C23H33N5O2S. The maximum Gasteiger partial charge on any atom is 0.215 e. The number of aryl methyl sites for hydroxylation is 1. The Morgan fingerprint density at radius 2 is 1.90 bits per heavy atom. The Kier molecular flexibility index (Phi) is 7.92. The van der Waals surface area contributed by atoms with E-state index in [0.29, 0.717) is 12.6 Å². The lowest BCUT2D eigenvalue weighted by Crippen LogP contribution is -2.44. The molecule has 1 aliphatic heterocycles. The minimum Gasteiger partial charge on any atom is -0.369 e. The number of nitrogens with zero attached hydrogens (tertiary/aromatic N) is 2. The Hall–Kier alpha value is -2.58. The van der Waals surface area contributed by atoms with Gasteiger partial charge in [0.15, 0.2) is 5.96 Å². The molecule has 1 atom stereocenters. The van der Waals surface area contributed by atoms with Crippen molar-refractivity contribution in [2.45, 2.75) is 38.6 Å². The van der Waals surface area contributed by atoms with Crippen LogP contribution in [-0.4, -0.2) is 47.1 Å². The summed E-state index contributed by atoms with van der Waals surface area (Å²) < 4.78 is 26.0. The van der Waals surface area contributed by atoms with Crippen molar-refractivity contribution in [2.75, 3.05) is 31.6 Å². The van der Waals surface area contributed by atoms with Crippen molar-refractivity contribution in [3.8, 4) is 0 Å². The molecule has 0 radical (unpaired) electrons. The number of anilines is 1. The molecule has 1 fully saturated rings. The van der Waals surface area contributed by atoms with Crippen molar-refractivity contribution >= 4 is 21.7 Å². The summed E-state index contributed by atoms with van der Waals surface area (Å²) in [5.41, 5.74) is 4.26. The van der Waals surface area contributed by atoms with Crippen LogP contribution in [0.2, 0.25) is 0 Å². The van der Waals surface area contributed by atoms with Crippen LogP contribution in [0.1, 0.15) is 30.0 Å². The highest BCUT2D eigenvalue weighted by atomic mass is 32.2. The largest absolute Gasteiger partial charge is 0.369 e. The summed E-state index contributed by atoms with van der Waals surface area (Å²) in [7, 11) is -1.86. The van der Waals surface area contributed by atoms with Gasteiger partial charge in [0.1, 0.15) is 0 Å². The Balaban J connectivity index is 1.61. The normalized spacial score (nSPS) is 17.1. The average Bonchev–Trinajstić information content (AvgIpc) is 3.21. The van der Waals surface area contributed by atoms with Gasteiger partial charge in [-0.3, -0.25) is 0 Å². The van der Waals surface area contributed by atoms with Gasteiger partial charge in [-0.05, 0) is 50.6 Å². The van der Waals surface area contributed by atoms with Gasteiger partial charge in [-0.1, -0.05) is 42.0 Å². The van der Waals surface area contributed by atoms with E-state index in [4.69, 9.17) is 4.99 Å². The highest BCUT2D eigenvalue weighted by Crippen LogP contribution is 2.20. The summed E-state index contributed by atoms with van der Waals surface area (Å²) in [6.45, 7) is 7.37. The molecule has 1 saturated heterocycles. The van der Waals surface area contributed by atoms with Gasteiger partial charge in [0, 0.05) is 31.4 Å². The molecule has 31 heavy (non-hydrogen) atoms. The highest BCUT2D eigenvalue weighted by molar-refractivity contribution is 7.88. The third-order valence-electron chi connectivity index (χ3n) is 5.35. The van der Waals surface area contributed by atoms with Crippen LogP contribution in [0.25, 0.3) is 0 Å². The maximum absolute atomic E-state index is 11.8. The van der Waals surface area contributed by atoms with Gasteiger partial charge < -0.3 is 15.5 Å². The number of aliphatic imine (C=N–C) groups is 1. The van der Waals surface area contributed by atoms with Gasteiger partial charge in [0.05, 0.1) is 12.3 Å². The van der Waals surface area contributed by atoms with E-state index in [1.807, 2.05) is 31.2 Å². The topological polar surface area (TPSA) is 85.8 Å². The van der Waals surface area contributed by atoms with E-state index < -0.39 is 10.0 Å². The third-order valence-corrected chi connectivity index (χ3v) is 6.69. The van der Waals surface area contributed by atoms with Gasteiger partial charge >= 0.3 is 0 Å². The van der Waals surface area contributed by atoms with E-state index >= 15 is 0 Å². The van der Waals surface area contributed by atoms with Crippen LogP contribution >= 0.6 is 0 Å². The summed E-state index contributed by atoms with van der Waals surface area (Å²) in [6.07, 6.45) is 1.05. The number of guanidine groups is 1. The van der Waals surface area contributed by atoms with Crippen LogP contribution in [0.3, 0.4) is 0 Å². The fourth-order valence-corrected chi connectivity index (χ4v) is 4.42. The minimum absolute atomic E-state index is 0.0315. The van der Waals surface area contributed by atoms with Crippen LogP contribution < -0.4 is 20.3 Å². The lowest BCUT2D eigenvalue weighted by molar-refractivity contribution is 0.587. The zero-order chi connectivity index (χ0) is 22.3. The van der Waals surface area contributed by atoms with E-state index in [0.717, 1.165) is 43.1 Å². The Morgan fingerprint density at radius 3 is 2.61 bits per heavy atom. The number of benzene rings is 2. The second kappa shape index (κ2) is 10.6. The lowest BCUT2D eigenvalue weighted by Gasteiger charge is -2.20. The first-order valence-electron chi connectivity index (χ1n) is 10.7. The summed E-state index contributed by atoms with van der Waals surface area (Å²) in [6, 6.07) is 16.6. The quantitative estimate of drug-likeness (QED) is 0.431. The second-order valence-corrected chi connectivity index (χ2v) is 9.82. The first kappa shape index (κ1) is 23.1. The molecule has 3 rings (SSSR count). The smallest absolute Gasteiger partial charge is 0.215 e. The molecular weight excluding hydrogens is 410 g/mol. The second-order valence-electron chi connectivity index (χ2n) is 7.89. The molecule has 3 N–H and O–H groups in total. The molecule has 7 nitrogen and oxygen atoms in total. The van der Waals surface area contributed by atoms with Crippen molar-refractivity contribution in [3.05, 3.63) is 65.2 Å². The van der Waals surface area contributed by atoms with Gasteiger partial charge in [-0.25, -0.2) is 18.1 Å². The molecule has 0 aliphatic carbocycles. The molecule has 168 valence electrons. The SMILES string of the molecule is CCNC(=NCc1cccc(CS(=O)(=O)NC)c1)NC1CCN(c2ccc(C)cc2)C1. The molecule has 0 saturated carbocycles. The zero-order valence-electron chi connectivity index (χ0n) is 18.6. The standard InChI is InChI=1S/C23H33N5O2S/c1-4-25-23(26-15-19-6-5-7-20(14-19)17-31(29,30)24-3)27-21-12-13-28(16-21)22-10-8-18(2)9-11-22/h5-11,14,21,24H,4,12-13,15-17H2,1-3H3,(H2,25,26,27). The van der Waals surface area contributed by atoms with Crippen molar-refractivity contribution in [2.24, 2.45) is 4.99 Å². The fraction of sp³-hybridized carbons (Fsp3) is 0.435. The average molecular weight is 444 g/mol. The van der Waals surface area contributed by atoms with Crippen LogP contribution in [0.4, 0.5) is 5.69 Å². The highest BCUT2D eigenvalue weighted by Gasteiger charge is 2.23. The van der Waals surface area contributed by atoms with E-state index in [1.165, 1.54) is 18.3 Å². The van der Waals surface area contributed by atoms with Crippen molar-refractivity contribution < 1.29 is 8.42 Å². The maximum atomic E-state index is 11.8. The lowest BCUT2D eigenvalue weighted by atomic mass is 10.1. The van der Waals surface area contributed by atoms with E-state index in [9.17, 15) is 8.42 Å². The molecule has 0 bridgehead atoms. The number of nitrogens with one attached hydrogen (secondary N) is 3. The Bertz CT molecular complexity index is 989. The summed E-state index contributed by atoms with van der Waals surface area (Å²) in [5.74, 6) is 0.752. The van der Waals surface area contributed by atoms with Crippen LogP contribution in [0.5, 0.6) is 0 Å². The summed E-state index contributed by atoms with van der Waals surface area (Å²) in [5, 5.41) is 6.87. The van der Waals surface area contributed by atoms with Crippen molar-refractivity contribution in [1.82, 2.24) is 15.4 Å². The van der Waals surface area contributed by atoms with E-state index in [-0.39, 0.29) is 5.75 Å². The summed E-state index contributed by atoms with van der Waals surface area (Å²) >= 11 is 0. The Morgan fingerprint density at radius 1 is 1.16 bits per heavy atom. The molecule has 1 unspecified atom stereocenters. The molecule has 0 aromatic heterocycles. The number of rotatable bonds is 8. The van der Waals surface area contributed by atoms with Gasteiger partial charge in [0.25, 0.3) is 0 Å². The molecule has 8 heteroatoms. The zero-order valence-corrected chi connectivity index (χ0v) is 19.4. The Labute approximate surface area is 186 Å². The molecule has 1 aliphatic rings. The van der Waals surface area contributed by atoms with E-state index in [2.05, 4.69) is 51.4 Å². The first-order chi connectivity index (χ1) is 14.9. The molecule has 0 amide bonds. The van der Waals surface area contributed by atoms with Crippen LogP contribution in [0, 0.1) is 6.92 Å². The molecule has 0 spiro atoms. The fourth-order valence-electron chi connectivity index (χ4n) is 3.66. The number of sulfonamides is 1. The van der Waals surface area contributed by atoms with Crippen LogP contribution in [-0.2, 0) is 22.3 Å². The molecule has 1 heterocycles. The van der Waals surface area contributed by atoms with Crippen LogP contribution in [0.15, 0.2) is 53.5 Å². The van der Waals surface area contributed by atoms with Gasteiger partial charge in [0.2, 0.25) is 10.0 Å². The summed E-state index contributed by atoms with van der Waals surface area (Å²) in [4.78, 5) is 7.12. The van der Waals surface area contributed by atoms with E-state index in [1.54, 1.807) is 0 Å². The monoisotopic (exact) mass is 443 g/mol. The van der Waals surface area contributed by atoms with Gasteiger partial charge in [-0.2, -0.15) is 0 Å². The predicted molar refractivity (Wildman–Crippen MR) is 128 cm³/mol. The van der Waals surface area contributed by atoms with Crippen molar-refractivity contribution in [3.63, 3.8) is 0 Å². The van der Waals surface area contributed by atoms with Crippen molar-refractivity contribution in [1.29, 1.82) is 0 Å². The number of hydrogen-bond acceptors (Lipinski definition) is 4. The first-order valence-corrected chi connectivity index (χ1v) is 12.4. The minimum atomic E-state index is -3.29. The number of hydrogen-bond donors (Lipinski definition) is 3. The predicted octanol–water partition coefficient (Wildman–Crippen LogP) is 2.38. The molecule has 2 aromatic rings. The molecule has 2 aromatic carbocycles. The van der Waals surface area contributed by atoms with Gasteiger partial charge in [-0.15, -0.1) is 0 Å². The third kappa shape index (κ3) is 6.97.